The summed E-state index contributed by atoms with van der Waals surface area (Å²) in [6.45, 7) is 1.61. The summed E-state index contributed by atoms with van der Waals surface area (Å²) in [5, 5.41) is 0. The highest BCUT2D eigenvalue weighted by Gasteiger charge is 2.39. The number of ketones is 1. The average molecular weight is 380 g/mol. The predicted octanol–water partition coefficient (Wildman–Crippen LogP) is 4.45. The fourth-order valence-corrected chi connectivity index (χ4v) is 2.88. The first-order valence-corrected chi connectivity index (χ1v) is 8.02. The second-order valence-corrected chi connectivity index (χ2v) is 6.80. The Balaban J connectivity index is 2.01. The monoisotopic (exact) mass is 379 g/mol. The lowest BCUT2D eigenvalue weighted by molar-refractivity contribution is -0.137. The van der Waals surface area contributed by atoms with Gasteiger partial charge < -0.3 is 0 Å². The van der Waals surface area contributed by atoms with Crippen LogP contribution in [-0.4, -0.2) is 26.3 Å². The van der Waals surface area contributed by atoms with Crippen molar-refractivity contribution in [2.45, 2.75) is 24.4 Å². The van der Waals surface area contributed by atoms with Crippen LogP contribution < -0.4 is 0 Å². The molecule has 8 heteroatoms. The molecule has 0 fully saturated rings. The van der Waals surface area contributed by atoms with E-state index in [0.717, 1.165) is 6.07 Å². The van der Waals surface area contributed by atoms with E-state index in [1.54, 1.807) is 6.92 Å². The zero-order valence-corrected chi connectivity index (χ0v) is 14.3. The van der Waals surface area contributed by atoms with E-state index < -0.39 is 22.4 Å². The van der Waals surface area contributed by atoms with Crippen LogP contribution in [0.2, 0.25) is 0 Å². The molecule has 0 spiro atoms. The molecule has 4 nitrogen and oxygen atoms in total. The van der Waals surface area contributed by atoms with Crippen molar-refractivity contribution in [1.82, 2.24) is 9.97 Å². The van der Waals surface area contributed by atoms with Gasteiger partial charge in [-0.2, -0.15) is 13.2 Å². The summed E-state index contributed by atoms with van der Waals surface area (Å²) < 4.78 is 39.8. The number of rotatable bonds is 3. The van der Waals surface area contributed by atoms with Crippen LogP contribution in [0.3, 0.4) is 0 Å². The number of allylic oxidation sites excluding steroid dienone is 2. The molecule has 1 unspecified atom stereocenters. The molecule has 0 N–H and O–H groups in total. The number of halogens is 4. The highest BCUT2D eigenvalue weighted by atomic mass is 35.5. The molecule has 1 atom stereocenters. The number of aliphatic imine (C=N–C) groups is 1. The minimum absolute atomic E-state index is 0.0373. The Bertz CT molecular complexity index is 905. The van der Waals surface area contributed by atoms with Crippen molar-refractivity contribution in [2.24, 2.45) is 4.99 Å². The Hall–Kier alpha value is -2.54. The molecule has 0 amide bonds. The summed E-state index contributed by atoms with van der Waals surface area (Å²) in [5.74, 6) is -0.441. The number of alkyl halides is 4. The van der Waals surface area contributed by atoms with Gasteiger partial charge in [0.25, 0.3) is 0 Å². The van der Waals surface area contributed by atoms with E-state index in [0.29, 0.717) is 0 Å². The van der Waals surface area contributed by atoms with Gasteiger partial charge in [-0.15, -0.1) is 11.6 Å². The van der Waals surface area contributed by atoms with Gasteiger partial charge in [-0.3, -0.25) is 9.79 Å². The van der Waals surface area contributed by atoms with Crippen LogP contribution in [0.15, 0.2) is 59.6 Å². The van der Waals surface area contributed by atoms with E-state index in [9.17, 15) is 18.0 Å². The van der Waals surface area contributed by atoms with Crippen LogP contribution in [0, 0.1) is 0 Å². The zero-order valence-electron chi connectivity index (χ0n) is 13.6. The fourth-order valence-electron chi connectivity index (χ4n) is 2.66. The van der Waals surface area contributed by atoms with Gasteiger partial charge in [0, 0.05) is 24.3 Å². The molecule has 0 aliphatic carbocycles. The summed E-state index contributed by atoms with van der Waals surface area (Å²) in [4.78, 5) is 23.0. The lowest BCUT2D eigenvalue weighted by Crippen LogP contribution is -2.19. The summed E-state index contributed by atoms with van der Waals surface area (Å²) in [7, 11) is 0. The number of carbonyl (C=O) groups excluding carboxylic acids is 1. The third-order valence-electron chi connectivity index (χ3n) is 3.93. The molecule has 1 aliphatic rings. The summed E-state index contributed by atoms with van der Waals surface area (Å²) >= 11 is 6.43. The summed E-state index contributed by atoms with van der Waals surface area (Å²) in [6.07, 6.45) is -0.579. The second-order valence-electron chi connectivity index (χ2n) is 5.96. The van der Waals surface area contributed by atoms with Crippen molar-refractivity contribution in [1.29, 1.82) is 0 Å². The molecule has 134 valence electrons. The first-order chi connectivity index (χ1) is 12.2. The molecule has 26 heavy (non-hydrogen) atoms. The smallest absolute Gasteiger partial charge is 0.287 e. The molecule has 1 aromatic carbocycles. The maximum absolute atomic E-state index is 13.3. The van der Waals surface area contributed by atoms with Crippen molar-refractivity contribution in [3.05, 3.63) is 71.4 Å². The van der Waals surface area contributed by atoms with Crippen LogP contribution >= 0.6 is 11.6 Å². The molecule has 2 aromatic rings. The normalized spacial score (nSPS) is 21.7. The zero-order chi connectivity index (χ0) is 18.9. The molecular formula is C18H13ClF3N3O. The van der Waals surface area contributed by atoms with Crippen LogP contribution in [0.4, 0.5) is 13.2 Å². The Labute approximate surface area is 152 Å². The maximum Gasteiger partial charge on any atom is 0.417 e. The van der Waals surface area contributed by atoms with E-state index in [-0.39, 0.29) is 29.1 Å². The average Bonchev–Trinajstić information content (AvgIpc) is 2.89. The number of carbonyl (C=O) groups is 1. The van der Waals surface area contributed by atoms with Crippen molar-refractivity contribution >= 4 is 23.1 Å². The van der Waals surface area contributed by atoms with Crippen LogP contribution in [-0.2, 0) is 6.18 Å². The predicted molar refractivity (Wildman–Crippen MR) is 91.3 cm³/mol. The molecule has 1 aliphatic heterocycles. The number of hydrogen-bond acceptors (Lipinski definition) is 4. The van der Waals surface area contributed by atoms with E-state index in [2.05, 4.69) is 15.0 Å². The molecule has 0 radical (unpaired) electrons. The summed E-state index contributed by atoms with van der Waals surface area (Å²) in [6, 6.07) is 6.61. The number of benzene rings is 1. The Morgan fingerprint density at radius 1 is 1.27 bits per heavy atom. The van der Waals surface area contributed by atoms with Gasteiger partial charge in [-0.25, -0.2) is 9.97 Å². The Morgan fingerprint density at radius 3 is 2.65 bits per heavy atom. The van der Waals surface area contributed by atoms with Gasteiger partial charge in [0.2, 0.25) is 5.78 Å². The summed E-state index contributed by atoms with van der Waals surface area (Å²) in [5.41, 5.74) is -0.273. The first kappa shape index (κ1) is 18.3. The van der Waals surface area contributed by atoms with E-state index in [4.69, 9.17) is 11.6 Å². The van der Waals surface area contributed by atoms with Gasteiger partial charge in [0.05, 0.1) is 21.8 Å². The Kier molecular flexibility index (Phi) is 4.66. The fraction of sp³-hybridized carbons (Fsp3) is 0.222. The largest absolute Gasteiger partial charge is 0.417 e. The molecule has 1 aromatic heterocycles. The van der Waals surface area contributed by atoms with E-state index in [1.807, 2.05) is 0 Å². The topological polar surface area (TPSA) is 55.2 Å². The number of hydrogen-bond donors (Lipinski definition) is 0. The van der Waals surface area contributed by atoms with Crippen molar-refractivity contribution in [3.8, 4) is 0 Å². The second kappa shape index (κ2) is 6.64. The minimum atomic E-state index is -4.51. The lowest BCUT2D eigenvalue weighted by atomic mass is 9.96. The molecule has 2 heterocycles. The first-order valence-electron chi connectivity index (χ1n) is 7.64. The van der Waals surface area contributed by atoms with E-state index >= 15 is 0 Å². The Morgan fingerprint density at radius 2 is 2.00 bits per heavy atom. The highest BCUT2D eigenvalue weighted by molar-refractivity contribution is 6.29. The lowest BCUT2D eigenvalue weighted by Gasteiger charge is -2.16. The van der Waals surface area contributed by atoms with Crippen molar-refractivity contribution in [3.63, 3.8) is 0 Å². The third kappa shape index (κ3) is 3.67. The third-order valence-corrected chi connectivity index (χ3v) is 4.26. The minimum Gasteiger partial charge on any atom is -0.287 e. The SMILES string of the molecule is CC1(Cl)CC(c2ccccc2C(F)(F)F)=NC1=CC(=O)c1ccncn1. The number of aromatic nitrogens is 2. The maximum atomic E-state index is 13.3. The quantitative estimate of drug-likeness (QED) is 0.449. The molecule has 0 saturated heterocycles. The molecular weight excluding hydrogens is 367 g/mol. The van der Waals surface area contributed by atoms with Crippen LogP contribution in [0.5, 0.6) is 0 Å². The van der Waals surface area contributed by atoms with Gasteiger partial charge >= 0.3 is 6.18 Å². The standard InChI is InChI=1S/C18H13ClF3N3O/c1-17(19)9-14(11-4-2-3-5-12(11)18(20,21)22)25-16(17)8-15(26)13-6-7-23-10-24-13/h2-8,10H,9H2,1H3. The van der Waals surface area contributed by atoms with Crippen LogP contribution in [0.1, 0.15) is 35.0 Å². The van der Waals surface area contributed by atoms with Crippen LogP contribution in [0.25, 0.3) is 0 Å². The van der Waals surface area contributed by atoms with Gasteiger partial charge in [0.15, 0.2) is 0 Å². The number of nitrogens with zero attached hydrogens (tertiary/aromatic N) is 3. The molecule has 0 bridgehead atoms. The van der Waals surface area contributed by atoms with Crippen molar-refractivity contribution in [2.75, 3.05) is 0 Å². The molecule has 0 saturated carbocycles. The highest BCUT2D eigenvalue weighted by Crippen LogP contribution is 2.40. The van der Waals surface area contributed by atoms with Gasteiger partial charge in [-0.05, 0) is 19.1 Å². The van der Waals surface area contributed by atoms with Gasteiger partial charge in [-0.1, -0.05) is 18.2 Å². The van der Waals surface area contributed by atoms with E-state index in [1.165, 1.54) is 42.9 Å². The molecule has 3 rings (SSSR count). The van der Waals surface area contributed by atoms with Gasteiger partial charge in [0.1, 0.15) is 12.0 Å². The van der Waals surface area contributed by atoms with Crippen molar-refractivity contribution < 1.29 is 18.0 Å².